The highest BCUT2D eigenvalue weighted by molar-refractivity contribution is 6.00. The number of amides is 1. The molecule has 2 aliphatic rings. The van der Waals surface area contributed by atoms with Crippen LogP contribution >= 0.6 is 0 Å². The Hall–Kier alpha value is -1.31. The van der Waals surface area contributed by atoms with Crippen molar-refractivity contribution in [3.8, 4) is 0 Å². The summed E-state index contributed by atoms with van der Waals surface area (Å²) in [6.45, 7) is 0. The molecule has 0 radical (unpaired) electrons. The number of carbonyl (C=O) groups excluding carboxylic acids is 1. The van der Waals surface area contributed by atoms with Gasteiger partial charge in [0.2, 0.25) is 0 Å². The van der Waals surface area contributed by atoms with Gasteiger partial charge in [0.05, 0.1) is 5.54 Å². The fourth-order valence-electron chi connectivity index (χ4n) is 2.35. The number of benzene rings is 1. The van der Waals surface area contributed by atoms with Gasteiger partial charge in [0.25, 0.3) is 5.91 Å². The quantitative estimate of drug-likeness (QED) is 0.585. The Morgan fingerprint density at radius 1 is 1.31 bits per heavy atom. The predicted octanol–water partition coefficient (Wildman–Crippen LogP) is 1.76. The molecule has 1 aliphatic carbocycles. The standard InChI is InChI=1S/C11H11NO/c1-12-10(13)8-4-2-3-5-9(8)11(12)6-7-11/h2-5H,6-7H2,1H3. The van der Waals surface area contributed by atoms with Gasteiger partial charge in [-0.15, -0.1) is 0 Å². The van der Waals surface area contributed by atoms with Crippen molar-refractivity contribution in [1.29, 1.82) is 0 Å². The van der Waals surface area contributed by atoms with Crippen molar-refractivity contribution in [2.24, 2.45) is 0 Å². The van der Waals surface area contributed by atoms with Crippen LogP contribution < -0.4 is 0 Å². The average Bonchev–Trinajstić information content (AvgIpc) is 2.93. The smallest absolute Gasteiger partial charge is 0.254 e. The van der Waals surface area contributed by atoms with Gasteiger partial charge in [-0.25, -0.2) is 0 Å². The largest absolute Gasteiger partial charge is 0.332 e. The van der Waals surface area contributed by atoms with Gasteiger partial charge in [0, 0.05) is 12.6 Å². The van der Waals surface area contributed by atoms with Crippen LogP contribution in [0.5, 0.6) is 0 Å². The number of carbonyl (C=O) groups is 1. The van der Waals surface area contributed by atoms with E-state index in [-0.39, 0.29) is 11.4 Å². The van der Waals surface area contributed by atoms with Crippen molar-refractivity contribution in [2.75, 3.05) is 7.05 Å². The molecular weight excluding hydrogens is 162 g/mol. The minimum Gasteiger partial charge on any atom is -0.332 e. The third-order valence-electron chi connectivity index (χ3n) is 3.33. The van der Waals surface area contributed by atoms with E-state index in [0.717, 1.165) is 18.4 Å². The zero-order valence-corrected chi connectivity index (χ0v) is 7.58. The van der Waals surface area contributed by atoms with E-state index < -0.39 is 0 Å². The zero-order valence-electron chi connectivity index (χ0n) is 7.58. The van der Waals surface area contributed by atoms with Crippen molar-refractivity contribution in [2.45, 2.75) is 18.4 Å². The lowest BCUT2D eigenvalue weighted by Gasteiger charge is -2.18. The molecule has 3 rings (SSSR count). The Morgan fingerprint density at radius 3 is 2.69 bits per heavy atom. The predicted molar refractivity (Wildman–Crippen MR) is 49.4 cm³/mol. The molecular formula is C11H11NO. The van der Waals surface area contributed by atoms with Crippen LogP contribution in [0.1, 0.15) is 28.8 Å². The SMILES string of the molecule is CN1C(=O)c2ccccc2C12CC2. The molecule has 2 nitrogen and oxygen atoms in total. The van der Waals surface area contributed by atoms with E-state index >= 15 is 0 Å². The monoisotopic (exact) mass is 173 g/mol. The molecule has 2 heteroatoms. The van der Waals surface area contributed by atoms with Crippen molar-refractivity contribution in [1.82, 2.24) is 4.90 Å². The van der Waals surface area contributed by atoms with E-state index in [2.05, 4.69) is 6.07 Å². The Labute approximate surface area is 77.2 Å². The second-order valence-corrected chi connectivity index (χ2v) is 3.94. The highest BCUT2D eigenvalue weighted by atomic mass is 16.2. The molecule has 0 saturated heterocycles. The summed E-state index contributed by atoms with van der Waals surface area (Å²) in [6, 6.07) is 7.97. The summed E-state index contributed by atoms with van der Waals surface area (Å²) in [4.78, 5) is 13.7. The van der Waals surface area contributed by atoms with Crippen LogP contribution in [0.3, 0.4) is 0 Å². The lowest BCUT2D eigenvalue weighted by molar-refractivity contribution is 0.0755. The van der Waals surface area contributed by atoms with Crippen molar-refractivity contribution < 1.29 is 4.79 Å². The van der Waals surface area contributed by atoms with Gasteiger partial charge >= 0.3 is 0 Å². The normalized spacial score (nSPS) is 22.2. The zero-order chi connectivity index (χ0) is 9.05. The first kappa shape index (κ1) is 7.13. The molecule has 0 unspecified atom stereocenters. The molecule has 1 saturated carbocycles. The van der Waals surface area contributed by atoms with Gasteiger partial charge in [-0.3, -0.25) is 4.79 Å². The highest BCUT2D eigenvalue weighted by Gasteiger charge is 2.55. The summed E-state index contributed by atoms with van der Waals surface area (Å²) < 4.78 is 0. The topological polar surface area (TPSA) is 20.3 Å². The molecule has 1 aromatic carbocycles. The van der Waals surface area contributed by atoms with E-state index in [4.69, 9.17) is 0 Å². The van der Waals surface area contributed by atoms with E-state index in [1.165, 1.54) is 5.56 Å². The Bertz CT molecular complexity index is 393. The second-order valence-electron chi connectivity index (χ2n) is 3.94. The summed E-state index contributed by atoms with van der Waals surface area (Å²) in [7, 11) is 1.91. The maximum Gasteiger partial charge on any atom is 0.254 e. The number of hydrogen-bond donors (Lipinski definition) is 0. The molecule has 13 heavy (non-hydrogen) atoms. The lowest BCUT2D eigenvalue weighted by atomic mass is 10.0. The van der Waals surface area contributed by atoms with Gasteiger partial charge in [0.15, 0.2) is 0 Å². The molecule has 1 heterocycles. The molecule has 0 aromatic heterocycles. The average molecular weight is 173 g/mol. The van der Waals surface area contributed by atoms with Gasteiger partial charge in [0.1, 0.15) is 0 Å². The molecule has 1 amide bonds. The highest BCUT2D eigenvalue weighted by Crippen LogP contribution is 2.55. The molecule has 1 spiro atoms. The van der Waals surface area contributed by atoms with Gasteiger partial charge < -0.3 is 4.90 Å². The van der Waals surface area contributed by atoms with Crippen LogP contribution in [0.2, 0.25) is 0 Å². The first-order chi connectivity index (χ1) is 6.26. The first-order valence-corrected chi connectivity index (χ1v) is 4.63. The van der Waals surface area contributed by atoms with Crippen molar-refractivity contribution in [3.63, 3.8) is 0 Å². The van der Waals surface area contributed by atoms with Crippen LogP contribution in [0.25, 0.3) is 0 Å². The third-order valence-corrected chi connectivity index (χ3v) is 3.33. The van der Waals surface area contributed by atoms with E-state index in [0.29, 0.717) is 0 Å². The second kappa shape index (κ2) is 1.95. The van der Waals surface area contributed by atoms with Crippen molar-refractivity contribution in [3.05, 3.63) is 35.4 Å². The maximum absolute atomic E-state index is 11.8. The first-order valence-electron chi connectivity index (χ1n) is 4.63. The fraction of sp³-hybridized carbons (Fsp3) is 0.364. The molecule has 1 aromatic rings. The van der Waals surface area contributed by atoms with Crippen LogP contribution in [0.15, 0.2) is 24.3 Å². The summed E-state index contributed by atoms with van der Waals surface area (Å²) in [6.07, 6.45) is 2.26. The Balaban J connectivity index is 2.28. The summed E-state index contributed by atoms with van der Waals surface area (Å²) in [5.41, 5.74) is 2.23. The van der Waals surface area contributed by atoms with Gasteiger partial charge in [-0.05, 0) is 24.5 Å². The van der Waals surface area contributed by atoms with Crippen LogP contribution in [0, 0.1) is 0 Å². The molecule has 0 atom stereocenters. The Morgan fingerprint density at radius 2 is 2.00 bits per heavy atom. The number of rotatable bonds is 0. The van der Waals surface area contributed by atoms with Gasteiger partial charge in [-0.1, -0.05) is 18.2 Å². The number of nitrogens with zero attached hydrogens (tertiary/aromatic N) is 1. The van der Waals surface area contributed by atoms with Crippen molar-refractivity contribution >= 4 is 5.91 Å². The molecule has 1 aliphatic heterocycles. The fourth-order valence-corrected chi connectivity index (χ4v) is 2.35. The summed E-state index contributed by atoms with van der Waals surface area (Å²) in [5, 5.41) is 0. The minimum atomic E-state index is 0.0909. The van der Waals surface area contributed by atoms with E-state index in [1.807, 2.05) is 30.1 Å². The van der Waals surface area contributed by atoms with E-state index in [9.17, 15) is 4.79 Å². The summed E-state index contributed by atoms with van der Waals surface area (Å²) >= 11 is 0. The van der Waals surface area contributed by atoms with E-state index in [1.54, 1.807) is 0 Å². The molecule has 1 fully saturated rings. The number of hydrogen-bond acceptors (Lipinski definition) is 1. The number of fused-ring (bicyclic) bond motifs is 2. The van der Waals surface area contributed by atoms with Gasteiger partial charge in [-0.2, -0.15) is 0 Å². The molecule has 66 valence electrons. The Kier molecular flexibility index (Phi) is 1.07. The minimum absolute atomic E-state index is 0.0909. The van der Waals surface area contributed by atoms with Crippen LogP contribution in [-0.4, -0.2) is 17.9 Å². The molecule has 0 N–H and O–H groups in total. The maximum atomic E-state index is 11.8. The van der Waals surface area contributed by atoms with Crippen LogP contribution in [0.4, 0.5) is 0 Å². The third kappa shape index (κ3) is 0.671. The van der Waals surface area contributed by atoms with Crippen LogP contribution in [-0.2, 0) is 5.54 Å². The molecule has 0 bridgehead atoms. The lowest BCUT2D eigenvalue weighted by Crippen LogP contribution is -2.28. The summed E-state index contributed by atoms with van der Waals surface area (Å²) in [5.74, 6) is 0.188.